The molecule has 0 unspecified atom stereocenters. The van der Waals surface area contributed by atoms with Crippen molar-refractivity contribution in [1.82, 2.24) is 9.97 Å². The Bertz CT molecular complexity index is 1210. The van der Waals surface area contributed by atoms with Gasteiger partial charge in [-0.05, 0) is 79.6 Å². The summed E-state index contributed by atoms with van der Waals surface area (Å²) in [6.07, 6.45) is 0.796. The number of hydrogen-bond donors (Lipinski definition) is 3. The Morgan fingerprint density at radius 3 is 2.36 bits per heavy atom. The van der Waals surface area contributed by atoms with Crippen molar-refractivity contribution in [2.75, 3.05) is 17.7 Å². The summed E-state index contributed by atoms with van der Waals surface area (Å²) in [5.74, 6) is 0.482. The van der Waals surface area contributed by atoms with Crippen LogP contribution in [0.25, 0.3) is 11.0 Å². The van der Waals surface area contributed by atoms with Gasteiger partial charge in [-0.15, -0.1) is 12.6 Å². The number of benzene rings is 3. The van der Waals surface area contributed by atoms with E-state index in [0.29, 0.717) is 23.8 Å². The van der Waals surface area contributed by atoms with Crippen molar-refractivity contribution in [3.05, 3.63) is 82.9 Å². The summed E-state index contributed by atoms with van der Waals surface area (Å²) in [4.78, 5) is 21.7. The molecule has 1 heterocycles. The van der Waals surface area contributed by atoms with Gasteiger partial charge in [0.25, 0.3) is 0 Å². The lowest BCUT2D eigenvalue weighted by atomic mass is 10.2. The van der Waals surface area contributed by atoms with E-state index >= 15 is 0 Å². The molecule has 170 valence electrons. The highest BCUT2D eigenvalue weighted by Crippen LogP contribution is 2.23. The zero-order valence-electron chi connectivity index (χ0n) is 18.4. The molecule has 0 fully saturated rings. The fourth-order valence-corrected chi connectivity index (χ4v) is 3.09. The van der Waals surface area contributed by atoms with Crippen molar-refractivity contribution in [2.45, 2.75) is 25.2 Å². The highest BCUT2D eigenvalue weighted by Gasteiger charge is 2.09. The molecule has 1 aromatic heterocycles. The lowest BCUT2D eigenvalue weighted by molar-refractivity contribution is 0.0505. The summed E-state index contributed by atoms with van der Waals surface area (Å²) >= 11 is 9.65. The van der Waals surface area contributed by atoms with E-state index < -0.39 is 0 Å². The SMILES string of the molecule is CCCOC(=O)c1ccc(Nc2nc3cc(C)ccc3nc2N)cc1.Sc1ccc(Cl)cc1. The van der Waals surface area contributed by atoms with Gasteiger partial charge in [0.2, 0.25) is 0 Å². The molecular weight excluding hydrogens is 456 g/mol. The summed E-state index contributed by atoms with van der Waals surface area (Å²) in [6.45, 7) is 4.37. The average Bonchev–Trinajstić information content (AvgIpc) is 2.81. The first kappa shape index (κ1) is 24.4. The predicted molar refractivity (Wildman–Crippen MR) is 138 cm³/mol. The first-order valence-electron chi connectivity index (χ1n) is 10.4. The summed E-state index contributed by atoms with van der Waals surface area (Å²) in [7, 11) is 0. The number of nitrogens with one attached hydrogen (secondary N) is 1. The Morgan fingerprint density at radius 2 is 1.73 bits per heavy atom. The Labute approximate surface area is 203 Å². The second kappa shape index (κ2) is 11.5. The zero-order valence-corrected chi connectivity index (χ0v) is 20.0. The van der Waals surface area contributed by atoms with Gasteiger partial charge < -0.3 is 15.8 Å². The Hall–Kier alpha value is -3.29. The van der Waals surface area contributed by atoms with Crippen LogP contribution < -0.4 is 11.1 Å². The van der Waals surface area contributed by atoms with Crippen molar-refractivity contribution in [3.63, 3.8) is 0 Å². The number of aryl methyl sites for hydroxylation is 1. The fraction of sp³-hybridized carbons (Fsp3) is 0.160. The maximum Gasteiger partial charge on any atom is 0.338 e. The number of anilines is 3. The van der Waals surface area contributed by atoms with Gasteiger partial charge in [-0.25, -0.2) is 14.8 Å². The number of halogens is 1. The van der Waals surface area contributed by atoms with E-state index in [-0.39, 0.29) is 5.97 Å². The number of nitrogens with zero attached hydrogens (tertiary/aromatic N) is 2. The van der Waals surface area contributed by atoms with E-state index in [9.17, 15) is 4.79 Å². The van der Waals surface area contributed by atoms with Gasteiger partial charge in [0, 0.05) is 15.6 Å². The molecule has 3 N–H and O–H groups in total. The lowest BCUT2D eigenvalue weighted by Crippen LogP contribution is -2.06. The molecule has 6 nitrogen and oxygen atoms in total. The number of fused-ring (bicyclic) bond motifs is 1. The third-order valence-electron chi connectivity index (χ3n) is 4.49. The molecule has 4 rings (SSSR count). The van der Waals surface area contributed by atoms with Crippen LogP contribution in [-0.2, 0) is 4.74 Å². The van der Waals surface area contributed by atoms with Crippen LogP contribution in [0.2, 0.25) is 5.02 Å². The van der Waals surface area contributed by atoms with E-state index in [4.69, 9.17) is 22.1 Å². The largest absolute Gasteiger partial charge is 0.462 e. The summed E-state index contributed by atoms with van der Waals surface area (Å²) in [5.41, 5.74) is 9.90. The van der Waals surface area contributed by atoms with Crippen molar-refractivity contribution in [3.8, 4) is 0 Å². The molecular formula is C25H25ClN4O2S. The van der Waals surface area contributed by atoms with E-state index in [2.05, 4.69) is 27.9 Å². The standard InChI is InChI=1S/C19H20N4O2.C6H5ClS/c1-3-10-25-19(24)13-5-7-14(8-6-13)21-18-17(20)22-15-9-4-12(2)11-16(15)23-18;7-5-1-3-6(8)4-2-5/h4-9,11H,3,10H2,1-2H3,(H2,20,22)(H,21,23);1-4,8H. The van der Waals surface area contributed by atoms with Crippen LogP contribution in [0.1, 0.15) is 29.3 Å². The second-order valence-corrected chi connectivity index (χ2v) is 8.22. The first-order chi connectivity index (χ1) is 15.9. The molecule has 0 saturated carbocycles. The van der Waals surface area contributed by atoms with Gasteiger partial charge in [-0.2, -0.15) is 0 Å². The Morgan fingerprint density at radius 1 is 1.03 bits per heavy atom. The molecule has 0 bridgehead atoms. The minimum absolute atomic E-state index is 0.322. The van der Waals surface area contributed by atoms with Gasteiger partial charge in [0.05, 0.1) is 23.2 Å². The van der Waals surface area contributed by atoms with E-state index in [1.807, 2.05) is 56.3 Å². The molecule has 0 aliphatic carbocycles. The molecule has 0 aliphatic rings. The van der Waals surface area contributed by atoms with E-state index in [1.54, 1.807) is 24.3 Å². The number of nitrogen functional groups attached to an aromatic ring is 1. The highest BCUT2D eigenvalue weighted by molar-refractivity contribution is 7.80. The van der Waals surface area contributed by atoms with Crippen molar-refractivity contribution in [1.29, 1.82) is 0 Å². The molecule has 0 radical (unpaired) electrons. The number of carbonyl (C=O) groups is 1. The van der Waals surface area contributed by atoms with Crippen LogP contribution in [0.3, 0.4) is 0 Å². The number of nitrogens with two attached hydrogens (primary N) is 1. The summed E-state index contributed by atoms with van der Waals surface area (Å²) in [6, 6.07) is 20.1. The van der Waals surface area contributed by atoms with Gasteiger partial charge in [0.15, 0.2) is 11.6 Å². The maximum absolute atomic E-state index is 11.8. The van der Waals surface area contributed by atoms with Crippen LogP contribution in [-0.4, -0.2) is 22.5 Å². The van der Waals surface area contributed by atoms with Gasteiger partial charge >= 0.3 is 5.97 Å². The molecule has 0 spiro atoms. The number of esters is 1. The predicted octanol–water partition coefficient (Wildman–Crippen LogP) is 6.46. The topological polar surface area (TPSA) is 90.1 Å². The monoisotopic (exact) mass is 480 g/mol. The molecule has 33 heavy (non-hydrogen) atoms. The van der Waals surface area contributed by atoms with Crippen molar-refractivity contribution < 1.29 is 9.53 Å². The summed E-state index contributed by atoms with van der Waals surface area (Å²) in [5, 5.41) is 3.89. The molecule has 4 aromatic rings. The van der Waals surface area contributed by atoms with Crippen molar-refractivity contribution >= 4 is 58.6 Å². The number of thiol groups is 1. The number of carbonyl (C=O) groups excluding carboxylic acids is 1. The zero-order chi connectivity index (χ0) is 23.8. The quantitative estimate of drug-likeness (QED) is 0.224. The minimum Gasteiger partial charge on any atom is -0.462 e. The molecule has 3 aromatic carbocycles. The molecule has 0 amide bonds. The molecule has 0 aliphatic heterocycles. The van der Waals surface area contributed by atoms with Crippen LogP contribution in [0.15, 0.2) is 71.6 Å². The summed E-state index contributed by atoms with van der Waals surface area (Å²) < 4.78 is 5.11. The molecule has 8 heteroatoms. The van der Waals surface area contributed by atoms with E-state index in [1.165, 1.54) is 0 Å². The van der Waals surface area contributed by atoms with Gasteiger partial charge in [0.1, 0.15) is 0 Å². The lowest BCUT2D eigenvalue weighted by Gasteiger charge is -2.10. The Balaban J connectivity index is 0.000000323. The molecule has 0 atom stereocenters. The first-order valence-corrected chi connectivity index (χ1v) is 11.2. The minimum atomic E-state index is -0.325. The van der Waals surface area contributed by atoms with Gasteiger partial charge in [-0.1, -0.05) is 24.6 Å². The van der Waals surface area contributed by atoms with Crippen LogP contribution in [0.5, 0.6) is 0 Å². The van der Waals surface area contributed by atoms with E-state index in [0.717, 1.165) is 38.6 Å². The third-order valence-corrected chi connectivity index (χ3v) is 5.04. The van der Waals surface area contributed by atoms with Crippen molar-refractivity contribution in [2.24, 2.45) is 0 Å². The average molecular weight is 481 g/mol. The molecule has 0 saturated heterocycles. The second-order valence-electron chi connectivity index (χ2n) is 7.26. The highest BCUT2D eigenvalue weighted by atomic mass is 35.5. The van der Waals surface area contributed by atoms with Crippen LogP contribution >= 0.6 is 24.2 Å². The maximum atomic E-state index is 11.8. The fourth-order valence-electron chi connectivity index (χ4n) is 2.82. The smallest absolute Gasteiger partial charge is 0.338 e. The van der Waals surface area contributed by atoms with Gasteiger partial charge in [-0.3, -0.25) is 0 Å². The number of rotatable bonds is 5. The van der Waals surface area contributed by atoms with Crippen LogP contribution in [0, 0.1) is 6.92 Å². The number of aromatic nitrogens is 2. The normalized spacial score (nSPS) is 10.3. The Kier molecular flexibility index (Phi) is 8.52. The number of hydrogen-bond acceptors (Lipinski definition) is 7. The third kappa shape index (κ3) is 7.10. The number of ether oxygens (including phenoxy) is 1. The van der Waals surface area contributed by atoms with Crippen LogP contribution in [0.4, 0.5) is 17.3 Å².